The second-order valence-electron chi connectivity index (χ2n) is 7.46. The zero-order valence-electron chi connectivity index (χ0n) is 14.5. The molecule has 0 N–H and O–H groups in total. The van der Waals surface area contributed by atoms with Crippen LogP contribution in [0.25, 0.3) is 11.2 Å². The Hall–Kier alpha value is -1.44. The molecule has 0 amide bonds. The number of morpholine rings is 1. The van der Waals surface area contributed by atoms with Gasteiger partial charge in [-0.2, -0.15) is 9.97 Å². The van der Waals surface area contributed by atoms with Crippen molar-refractivity contribution in [2.45, 2.75) is 45.4 Å². The molecule has 0 radical (unpaired) electrons. The summed E-state index contributed by atoms with van der Waals surface area (Å²) in [6.07, 6.45) is 0. The molecular formula is C16H22ClN5O2. The minimum atomic E-state index is -0.451. The molecule has 130 valence electrons. The highest BCUT2D eigenvalue weighted by atomic mass is 35.5. The van der Waals surface area contributed by atoms with E-state index in [1.54, 1.807) is 0 Å². The van der Waals surface area contributed by atoms with Gasteiger partial charge in [0.25, 0.3) is 0 Å². The van der Waals surface area contributed by atoms with Crippen LogP contribution in [0.1, 0.15) is 33.5 Å². The van der Waals surface area contributed by atoms with E-state index < -0.39 is 5.60 Å². The Balaban J connectivity index is 1.89. The van der Waals surface area contributed by atoms with E-state index in [4.69, 9.17) is 26.1 Å². The first-order chi connectivity index (χ1) is 11.3. The van der Waals surface area contributed by atoms with Gasteiger partial charge in [0, 0.05) is 19.6 Å². The van der Waals surface area contributed by atoms with E-state index in [2.05, 4.69) is 33.3 Å². The van der Waals surface area contributed by atoms with Crippen molar-refractivity contribution in [3.05, 3.63) is 11.1 Å². The molecule has 1 fully saturated rings. The minimum Gasteiger partial charge on any atom is -0.372 e. The van der Waals surface area contributed by atoms with Gasteiger partial charge in [-0.15, -0.1) is 0 Å². The molecular weight excluding hydrogens is 330 g/mol. The van der Waals surface area contributed by atoms with Gasteiger partial charge in [0.15, 0.2) is 17.0 Å². The van der Waals surface area contributed by atoms with Gasteiger partial charge < -0.3 is 18.9 Å². The molecule has 2 aromatic rings. The lowest BCUT2D eigenvalue weighted by atomic mass is 10.1. The average Bonchev–Trinajstić information content (AvgIpc) is 2.85. The number of hydrogen-bond acceptors (Lipinski definition) is 6. The molecule has 8 heteroatoms. The quantitative estimate of drug-likeness (QED) is 0.735. The fraction of sp³-hybridized carbons (Fsp3) is 0.688. The molecule has 0 atom stereocenters. The van der Waals surface area contributed by atoms with Crippen molar-refractivity contribution in [1.82, 2.24) is 19.5 Å². The zero-order valence-corrected chi connectivity index (χ0v) is 15.2. The standard InChI is InChI=1S/C16H22ClN5O2/c1-15(2)9-21(5-7-23-15)11-10-12(20-14(17)19-11)22-6-8-24-16(3,4)13(22)18-10/h5-9H2,1-4H3. The average molecular weight is 352 g/mol. The fourth-order valence-electron chi connectivity index (χ4n) is 3.51. The molecule has 0 aromatic carbocycles. The summed E-state index contributed by atoms with van der Waals surface area (Å²) >= 11 is 6.23. The summed E-state index contributed by atoms with van der Waals surface area (Å²) in [6.45, 7) is 11.7. The lowest BCUT2D eigenvalue weighted by Gasteiger charge is -2.38. The second-order valence-corrected chi connectivity index (χ2v) is 7.80. The van der Waals surface area contributed by atoms with Gasteiger partial charge in [-0.25, -0.2) is 4.98 Å². The SMILES string of the molecule is CC1(C)CN(c2nc(Cl)nc3c2nc2n3CCOC2(C)C)CCO1. The molecule has 0 bridgehead atoms. The van der Waals surface area contributed by atoms with Crippen LogP contribution in [-0.4, -0.2) is 51.4 Å². The van der Waals surface area contributed by atoms with E-state index in [1.165, 1.54) is 0 Å². The number of aromatic nitrogens is 4. The Bertz CT molecular complexity index is 801. The summed E-state index contributed by atoms with van der Waals surface area (Å²) in [5, 5.41) is 0.244. The molecule has 2 aromatic heterocycles. The highest BCUT2D eigenvalue weighted by Gasteiger charge is 2.35. The van der Waals surface area contributed by atoms with Crippen molar-refractivity contribution in [2.75, 3.05) is 31.2 Å². The predicted molar refractivity (Wildman–Crippen MR) is 91.6 cm³/mol. The first-order valence-corrected chi connectivity index (χ1v) is 8.62. The van der Waals surface area contributed by atoms with Gasteiger partial charge in [-0.1, -0.05) is 0 Å². The largest absolute Gasteiger partial charge is 0.372 e. The molecule has 1 saturated heterocycles. The van der Waals surface area contributed by atoms with Crippen molar-refractivity contribution in [3.8, 4) is 0 Å². The maximum Gasteiger partial charge on any atom is 0.226 e. The molecule has 0 unspecified atom stereocenters. The van der Waals surface area contributed by atoms with Crippen LogP contribution in [0, 0.1) is 0 Å². The lowest BCUT2D eigenvalue weighted by molar-refractivity contribution is -0.0530. The van der Waals surface area contributed by atoms with E-state index in [0.717, 1.165) is 42.4 Å². The first kappa shape index (κ1) is 16.1. The van der Waals surface area contributed by atoms with Crippen LogP contribution in [0.4, 0.5) is 5.82 Å². The third kappa shape index (κ3) is 2.55. The molecule has 0 spiro atoms. The maximum atomic E-state index is 6.23. The van der Waals surface area contributed by atoms with Crippen LogP contribution in [0.3, 0.4) is 0 Å². The van der Waals surface area contributed by atoms with E-state index in [-0.39, 0.29) is 10.9 Å². The summed E-state index contributed by atoms with van der Waals surface area (Å²) in [6, 6.07) is 0. The summed E-state index contributed by atoms with van der Waals surface area (Å²) in [5.74, 6) is 1.65. The van der Waals surface area contributed by atoms with Gasteiger partial charge in [-0.3, -0.25) is 0 Å². The summed E-state index contributed by atoms with van der Waals surface area (Å²) in [4.78, 5) is 16.0. The summed E-state index contributed by atoms with van der Waals surface area (Å²) < 4.78 is 13.8. The van der Waals surface area contributed by atoms with Gasteiger partial charge in [-0.05, 0) is 39.3 Å². The van der Waals surface area contributed by atoms with Crippen molar-refractivity contribution >= 4 is 28.6 Å². The van der Waals surface area contributed by atoms with Crippen molar-refractivity contribution in [2.24, 2.45) is 0 Å². The highest BCUT2D eigenvalue weighted by molar-refractivity contribution is 6.28. The smallest absolute Gasteiger partial charge is 0.226 e. The molecule has 2 aliphatic rings. The normalized spacial score (nSPS) is 22.6. The van der Waals surface area contributed by atoms with Gasteiger partial charge >= 0.3 is 0 Å². The van der Waals surface area contributed by atoms with Gasteiger partial charge in [0.2, 0.25) is 5.28 Å². The van der Waals surface area contributed by atoms with Gasteiger partial charge in [0.05, 0.1) is 18.8 Å². The second kappa shape index (κ2) is 5.28. The topological polar surface area (TPSA) is 65.3 Å². The van der Waals surface area contributed by atoms with Crippen LogP contribution in [-0.2, 0) is 21.6 Å². The summed E-state index contributed by atoms with van der Waals surface area (Å²) in [5.41, 5.74) is 0.878. The van der Waals surface area contributed by atoms with Crippen molar-refractivity contribution < 1.29 is 9.47 Å². The Labute approximate surface area is 145 Å². The van der Waals surface area contributed by atoms with Crippen LogP contribution < -0.4 is 4.90 Å². The molecule has 4 heterocycles. The van der Waals surface area contributed by atoms with Crippen LogP contribution in [0.5, 0.6) is 0 Å². The number of rotatable bonds is 1. The van der Waals surface area contributed by atoms with E-state index >= 15 is 0 Å². The predicted octanol–water partition coefficient (Wildman–Crippen LogP) is 2.36. The number of fused-ring (bicyclic) bond motifs is 3. The molecule has 24 heavy (non-hydrogen) atoms. The fourth-order valence-corrected chi connectivity index (χ4v) is 3.67. The van der Waals surface area contributed by atoms with Crippen LogP contribution in [0.2, 0.25) is 5.28 Å². The number of halogens is 1. The number of imidazole rings is 1. The number of hydrogen-bond donors (Lipinski definition) is 0. The Morgan fingerprint density at radius 3 is 2.50 bits per heavy atom. The number of nitrogens with zero attached hydrogens (tertiary/aromatic N) is 5. The Kier molecular flexibility index (Phi) is 3.53. The van der Waals surface area contributed by atoms with E-state index in [0.29, 0.717) is 13.2 Å². The Morgan fingerprint density at radius 2 is 1.75 bits per heavy atom. The van der Waals surface area contributed by atoms with Crippen molar-refractivity contribution in [1.29, 1.82) is 0 Å². The molecule has 4 rings (SSSR count). The van der Waals surface area contributed by atoms with E-state index in [9.17, 15) is 0 Å². The number of ether oxygens (including phenoxy) is 2. The highest BCUT2D eigenvalue weighted by Crippen LogP contribution is 2.35. The first-order valence-electron chi connectivity index (χ1n) is 8.24. The number of anilines is 1. The lowest BCUT2D eigenvalue weighted by Crippen LogP contribution is -2.48. The van der Waals surface area contributed by atoms with Crippen molar-refractivity contribution in [3.63, 3.8) is 0 Å². The molecule has 2 aliphatic heterocycles. The zero-order chi connectivity index (χ0) is 17.1. The third-order valence-electron chi connectivity index (χ3n) is 4.59. The summed E-state index contributed by atoms with van der Waals surface area (Å²) in [7, 11) is 0. The minimum absolute atomic E-state index is 0.232. The maximum absolute atomic E-state index is 6.23. The monoisotopic (exact) mass is 351 g/mol. The van der Waals surface area contributed by atoms with E-state index in [1.807, 2.05) is 13.8 Å². The van der Waals surface area contributed by atoms with Crippen LogP contribution >= 0.6 is 11.6 Å². The molecule has 0 saturated carbocycles. The third-order valence-corrected chi connectivity index (χ3v) is 4.76. The molecule has 7 nitrogen and oxygen atoms in total. The molecule has 0 aliphatic carbocycles. The Morgan fingerprint density at radius 1 is 1.00 bits per heavy atom. The van der Waals surface area contributed by atoms with Gasteiger partial charge in [0.1, 0.15) is 11.4 Å². The van der Waals surface area contributed by atoms with Crippen LogP contribution in [0.15, 0.2) is 0 Å².